The number of guanidine groups is 1. The van der Waals surface area contributed by atoms with Gasteiger partial charge in [0.05, 0.1) is 6.54 Å². The first-order valence-corrected chi connectivity index (χ1v) is 5.56. The summed E-state index contributed by atoms with van der Waals surface area (Å²) in [4.78, 5) is 15.2. The van der Waals surface area contributed by atoms with Crippen LogP contribution in [-0.2, 0) is 6.54 Å². The van der Waals surface area contributed by atoms with Gasteiger partial charge in [0.25, 0.3) is 0 Å². The van der Waals surface area contributed by atoms with Gasteiger partial charge in [0, 0.05) is 12.1 Å². The van der Waals surface area contributed by atoms with Crippen molar-refractivity contribution < 1.29 is 4.79 Å². The van der Waals surface area contributed by atoms with Crippen molar-refractivity contribution in [2.24, 2.45) is 16.5 Å². The number of amides is 1. The molecule has 0 radical (unpaired) electrons. The number of rotatable bonds is 5. The lowest BCUT2D eigenvalue weighted by Crippen LogP contribution is -2.32. The van der Waals surface area contributed by atoms with Gasteiger partial charge < -0.3 is 16.8 Å². The maximum absolute atomic E-state index is 11.0. The Morgan fingerprint density at radius 2 is 2.11 bits per heavy atom. The average molecular weight is 374 g/mol. The van der Waals surface area contributed by atoms with Gasteiger partial charge in [-0.25, -0.2) is 4.99 Å². The highest BCUT2D eigenvalue weighted by atomic mass is 127. The van der Waals surface area contributed by atoms with Crippen molar-refractivity contribution in [3.63, 3.8) is 0 Å². The maximum atomic E-state index is 11.0. The highest BCUT2D eigenvalue weighted by Crippen LogP contribution is 2.05. The van der Waals surface area contributed by atoms with E-state index in [2.05, 4.69) is 16.9 Å². The van der Waals surface area contributed by atoms with Crippen LogP contribution in [0.3, 0.4) is 0 Å². The molecule has 0 atom stereocenters. The number of hydrogen-bond donors (Lipinski definition) is 3. The number of carbonyl (C=O) groups is 1. The van der Waals surface area contributed by atoms with Crippen molar-refractivity contribution in [2.45, 2.75) is 13.5 Å². The van der Waals surface area contributed by atoms with E-state index in [1.165, 1.54) is 0 Å². The van der Waals surface area contributed by atoms with Crippen molar-refractivity contribution >= 4 is 35.8 Å². The van der Waals surface area contributed by atoms with Crippen LogP contribution in [-0.4, -0.2) is 18.4 Å². The van der Waals surface area contributed by atoms with E-state index in [0.29, 0.717) is 24.6 Å². The lowest BCUT2D eigenvalue weighted by atomic mass is 10.1. The molecular weight excluding hydrogens is 355 g/mol. The molecule has 0 aliphatic carbocycles. The van der Waals surface area contributed by atoms with Crippen molar-refractivity contribution in [3.05, 3.63) is 47.5 Å². The number of carbonyl (C=O) groups excluding carboxylic acids is 1. The van der Waals surface area contributed by atoms with Gasteiger partial charge >= 0.3 is 0 Å². The Labute approximate surface area is 130 Å². The predicted molar refractivity (Wildman–Crippen MR) is 88.5 cm³/mol. The molecule has 5 N–H and O–H groups in total. The molecular formula is C13H19IN4O. The maximum Gasteiger partial charge on any atom is 0.248 e. The highest BCUT2D eigenvalue weighted by Gasteiger charge is 2.00. The molecule has 0 aromatic heterocycles. The Morgan fingerprint density at radius 1 is 1.42 bits per heavy atom. The van der Waals surface area contributed by atoms with Gasteiger partial charge in [-0.1, -0.05) is 24.3 Å². The third kappa shape index (κ3) is 6.80. The summed E-state index contributed by atoms with van der Waals surface area (Å²) < 4.78 is 0. The van der Waals surface area contributed by atoms with Crippen LogP contribution in [0.5, 0.6) is 0 Å². The minimum Gasteiger partial charge on any atom is -0.370 e. The van der Waals surface area contributed by atoms with Crippen LogP contribution < -0.4 is 16.8 Å². The summed E-state index contributed by atoms with van der Waals surface area (Å²) in [7, 11) is 0. The van der Waals surface area contributed by atoms with E-state index in [-0.39, 0.29) is 24.0 Å². The first-order chi connectivity index (χ1) is 8.49. The van der Waals surface area contributed by atoms with E-state index in [9.17, 15) is 4.79 Å². The molecule has 0 heterocycles. The number of hydrogen-bond acceptors (Lipinski definition) is 2. The van der Waals surface area contributed by atoms with E-state index >= 15 is 0 Å². The topological polar surface area (TPSA) is 93.5 Å². The van der Waals surface area contributed by atoms with E-state index in [4.69, 9.17) is 11.5 Å². The van der Waals surface area contributed by atoms with Gasteiger partial charge in [-0.3, -0.25) is 4.79 Å². The third-order valence-electron chi connectivity index (χ3n) is 2.21. The molecule has 0 aliphatic heterocycles. The Balaban J connectivity index is 0.00000324. The first kappa shape index (κ1) is 17.4. The van der Waals surface area contributed by atoms with Crippen LogP contribution in [0.4, 0.5) is 0 Å². The lowest BCUT2D eigenvalue weighted by molar-refractivity contribution is 0.1000. The molecule has 0 aliphatic rings. The van der Waals surface area contributed by atoms with Gasteiger partial charge in [-0.15, -0.1) is 24.0 Å². The minimum absolute atomic E-state index is 0. The summed E-state index contributed by atoms with van der Waals surface area (Å²) in [6.45, 7) is 6.64. The normalized spacial score (nSPS) is 10.5. The van der Waals surface area contributed by atoms with Crippen LogP contribution in [0.1, 0.15) is 22.8 Å². The molecule has 1 rings (SSSR count). The summed E-state index contributed by atoms with van der Waals surface area (Å²) >= 11 is 0. The fraction of sp³-hybridized carbons (Fsp3) is 0.231. The Hall–Kier alpha value is -1.57. The van der Waals surface area contributed by atoms with Gasteiger partial charge in [-0.2, -0.15) is 0 Å². The lowest BCUT2D eigenvalue weighted by Gasteiger charge is -2.05. The van der Waals surface area contributed by atoms with E-state index < -0.39 is 5.91 Å². The minimum atomic E-state index is -0.450. The number of halogens is 1. The molecule has 5 nitrogen and oxygen atoms in total. The monoisotopic (exact) mass is 374 g/mol. The van der Waals surface area contributed by atoms with E-state index in [1.807, 2.05) is 13.0 Å². The van der Waals surface area contributed by atoms with Crippen molar-refractivity contribution in [3.8, 4) is 0 Å². The summed E-state index contributed by atoms with van der Waals surface area (Å²) in [5, 5.41) is 2.93. The van der Waals surface area contributed by atoms with Crippen molar-refractivity contribution in [1.29, 1.82) is 0 Å². The number of nitrogens with one attached hydrogen (secondary N) is 1. The zero-order valence-electron chi connectivity index (χ0n) is 10.8. The summed E-state index contributed by atoms with van der Waals surface area (Å²) in [6, 6.07) is 7.00. The average Bonchev–Trinajstić information content (AvgIpc) is 2.34. The first-order valence-electron chi connectivity index (χ1n) is 5.56. The molecule has 0 saturated carbocycles. The van der Waals surface area contributed by atoms with E-state index in [1.54, 1.807) is 18.2 Å². The van der Waals surface area contributed by atoms with Gasteiger partial charge in [0.15, 0.2) is 5.96 Å². The number of nitrogens with zero attached hydrogens (tertiary/aromatic N) is 1. The summed E-state index contributed by atoms with van der Waals surface area (Å²) in [5.41, 5.74) is 13.2. The zero-order valence-corrected chi connectivity index (χ0v) is 13.2. The molecule has 6 heteroatoms. The largest absolute Gasteiger partial charge is 0.370 e. The number of aliphatic imine (C=N–C) groups is 1. The zero-order chi connectivity index (χ0) is 13.5. The predicted octanol–water partition coefficient (Wildman–Crippen LogP) is 1.38. The second-order valence-corrected chi connectivity index (χ2v) is 4.08. The van der Waals surface area contributed by atoms with Crippen LogP contribution in [0.2, 0.25) is 0 Å². The van der Waals surface area contributed by atoms with Gasteiger partial charge in [0.2, 0.25) is 5.91 Å². The SMILES string of the molecule is C=C(C)CNC(N)=NCc1cccc(C(N)=O)c1.I. The Morgan fingerprint density at radius 3 is 2.68 bits per heavy atom. The smallest absolute Gasteiger partial charge is 0.248 e. The molecule has 0 spiro atoms. The molecule has 0 bridgehead atoms. The Kier molecular flexibility index (Phi) is 7.81. The standard InChI is InChI=1S/C13H18N4O.HI/c1-9(2)7-16-13(15)17-8-10-4-3-5-11(6-10)12(14)18;/h3-6H,1,7-8H2,2H3,(H2,14,18)(H3,15,16,17);1H. The molecule has 1 amide bonds. The molecule has 0 unspecified atom stereocenters. The molecule has 104 valence electrons. The second-order valence-electron chi connectivity index (χ2n) is 4.08. The summed E-state index contributed by atoms with van der Waals surface area (Å²) in [6.07, 6.45) is 0. The summed E-state index contributed by atoms with van der Waals surface area (Å²) in [5.74, 6) is -0.100. The van der Waals surface area contributed by atoms with Gasteiger partial charge in [-0.05, 0) is 24.6 Å². The third-order valence-corrected chi connectivity index (χ3v) is 2.21. The molecule has 0 fully saturated rings. The van der Waals surface area contributed by atoms with Crippen LogP contribution in [0.25, 0.3) is 0 Å². The van der Waals surface area contributed by atoms with E-state index in [0.717, 1.165) is 11.1 Å². The van der Waals surface area contributed by atoms with Gasteiger partial charge in [0.1, 0.15) is 0 Å². The molecule has 1 aromatic rings. The second kappa shape index (κ2) is 8.52. The highest BCUT2D eigenvalue weighted by molar-refractivity contribution is 14.0. The quantitative estimate of drug-likeness (QED) is 0.315. The fourth-order valence-electron chi connectivity index (χ4n) is 1.30. The number of nitrogens with two attached hydrogens (primary N) is 2. The number of primary amides is 1. The van der Waals surface area contributed by atoms with Crippen molar-refractivity contribution in [2.75, 3.05) is 6.54 Å². The van der Waals surface area contributed by atoms with Crippen molar-refractivity contribution in [1.82, 2.24) is 5.32 Å². The van der Waals surface area contributed by atoms with Crippen LogP contribution in [0, 0.1) is 0 Å². The molecule has 1 aromatic carbocycles. The number of benzene rings is 1. The Bertz CT molecular complexity index is 485. The van der Waals surface area contributed by atoms with Crippen LogP contribution in [0.15, 0.2) is 41.4 Å². The fourth-order valence-corrected chi connectivity index (χ4v) is 1.30. The van der Waals surface area contributed by atoms with Crippen LogP contribution >= 0.6 is 24.0 Å². The molecule has 0 saturated heterocycles. The molecule has 19 heavy (non-hydrogen) atoms.